The molecule has 0 fully saturated rings. The second-order valence-electron chi connectivity index (χ2n) is 7.91. The van der Waals surface area contributed by atoms with E-state index in [0.717, 1.165) is 33.7 Å². The Hall–Kier alpha value is -3.65. The molecule has 146 valence electrons. The first kappa shape index (κ1) is 18.4. The van der Waals surface area contributed by atoms with Gasteiger partial charge in [0.2, 0.25) is 0 Å². The Labute approximate surface area is 176 Å². The van der Waals surface area contributed by atoms with Gasteiger partial charge in [-0.3, -0.25) is 0 Å². The quantitative estimate of drug-likeness (QED) is 0.315. The highest BCUT2D eigenvalue weighted by atomic mass is 16.3. The van der Waals surface area contributed by atoms with Crippen LogP contribution in [0.5, 0.6) is 0 Å². The number of rotatable bonds is 3. The lowest BCUT2D eigenvalue weighted by Gasteiger charge is -2.08. The number of hydrogen-bond donors (Lipinski definition) is 0. The van der Waals surface area contributed by atoms with Crippen molar-refractivity contribution in [3.8, 4) is 33.7 Å². The monoisotopic (exact) mass is 389 g/mol. The molecule has 0 radical (unpaired) electrons. The normalized spacial score (nSPS) is 11.2. The van der Waals surface area contributed by atoms with Crippen LogP contribution in [0, 0.1) is 20.8 Å². The molecule has 2 heterocycles. The van der Waals surface area contributed by atoms with Crippen molar-refractivity contribution in [2.45, 2.75) is 20.8 Å². The molecule has 2 nitrogen and oxygen atoms in total. The molecule has 0 aliphatic rings. The van der Waals surface area contributed by atoms with Crippen molar-refractivity contribution in [3.05, 3.63) is 102 Å². The van der Waals surface area contributed by atoms with E-state index in [1.54, 1.807) is 0 Å². The smallest absolute Gasteiger partial charge is 0.153 e. The Morgan fingerprint density at radius 2 is 1.33 bits per heavy atom. The standard InChI is InChI=1S/C28H23NO/c1-18-14-19(2)28(20(3)15-18)27-17-25-26(30-27)13-12-24(29-25)23-11-7-10-22(16-23)21-8-5-4-6-9-21/h4-17H,1-3H3. The van der Waals surface area contributed by atoms with Crippen molar-refractivity contribution >= 4 is 11.1 Å². The van der Waals surface area contributed by atoms with Crippen molar-refractivity contribution < 1.29 is 4.42 Å². The Morgan fingerprint density at radius 1 is 0.633 bits per heavy atom. The molecule has 0 saturated heterocycles. The highest BCUT2D eigenvalue weighted by molar-refractivity contribution is 5.84. The number of nitrogens with zero attached hydrogens (tertiary/aromatic N) is 1. The summed E-state index contributed by atoms with van der Waals surface area (Å²) >= 11 is 0. The van der Waals surface area contributed by atoms with Crippen LogP contribution < -0.4 is 0 Å². The van der Waals surface area contributed by atoms with Gasteiger partial charge in [0.1, 0.15) is 11.3 Å². The molecule has 5 aromatic rings. The molecule has 3 aromatic carbocycles. The van der Waals surface area contributed by atoms with Gasteiger partial charge in [0.05, 0.1) is 5.69 Å². The Balaban J connectivity index is 1.57. The fourth-order valence-corrected chi connectivity index (χ4v) is 4.27. The molecule has 30 heavy (non-hydrogen) atoms. The van der Waals surface area contributed by atoms with Crippen LogP contribution >= 0.6 is 0 Å². The topological polar surface area (TPSA) is 26.0 Å². The highest BCUT2D eigenvalue weighted by Crippen LogP contribution is 2.34. The summed E-state index contributed by atoms with van der Waals surface area (Å²) in [5.41, 5.74) is 11.0. The van der Waals surface area contributed by atoms with Crippen molar-refractivity contribution in [2.24, 2.45) is 0 Å². The van der Waals surface area contributed by atoms with E-state index in [4.69, 9.17) is 9.40 Å². The van der Waals surface area contributed by atoms with E-state index in [-0.39, 0.29) is 0 Å². The highest BCUT2D eigenvalue weighted by Gasteiger charge is 2.14. The average Bonchev–Trinajstić information content (AvgIpc) is 3.16. The molecule has 5 rings (SSSR count). The second kappa shape index (κ2) is 7.31. The molecule has 2 aromatic heterocycles. The Kier molecular flexibility index (Phi) is 4.48. The molecule has 0 spiro atoms. The van der Waals surface area contributed by atoms with Crippen LogP contribution in [0.15, 0.2) is 89.3 Å². The van der Waals surface area contributed by atoms with Gasteiger partial charge < -0.3 is 4.42 Å². The average molecular weight is 389 g/mol. The van der Waals surface area contributed by atoms with Crippen LogP contribution in [0.1, 0.15) is 16.7 Å². The Bertz CT molecular complexity index is 1340. The van der Waals surface area contributed by atoms with E-state index in [0.29, 0.717) is 0 Å². The van der Waals surface area contributed by atoms with Crippen LogP contribution in [0.3, 0.4) is 0 Å². The van der Waals surface area contributed by atoms with Gasteiger partial charge in [-0.25, -0.2) is 4.98 Å². The largest absolute Gasteiger partial charge is 0.454 e. The van der Waals surface area contributed by atoms with Crippen LogP contribution in [-0.2, 0) is 0 Å². The second-order valence-corrected chi connectivity index (χ2v) is 7.91. The van der Waals surface area contributed by atoms with Crippen molar-refractivity contribution in [1.29, 1.82) is 0 Å². The van der Waals surface area contributed by atoms with Crippen molar-refractivity contribution in [3.63, 3.8) is 0 Å². The van der Waals surface area contributed by atoms with E-state index in [9.17, 15) is 0 Å². The predicted octanol–water partition coefficient (Wildman–Crippen LogP) is 7.75. The first-order valence-corrected chi connectivity index (χ1v) is 10.2. The van der Waals surface area contributed by atoms with Gasteiger partial charge in [0.15, 0.2) is 5.58 Å². The van der Waals surface area contributed by atoms with E-state index in [2.05, 4.69) is 87.5 Å². The van der Waals surface area contributed by atoms with Gasteiger partial charge in [-0.05, 0) is 61.2 Å². The molecule has 0 aliphatic heterocycles. The fraction of sp³-hybridized carbons (Fsp3) is 0.107. The van der Waals surface area contributed by atoms with Crippen LogP contribution in [-0.4, -0.2) is 4.98 Å². The SMILES string of the molecule is Cc1cc(C)c(-c2cc3nc(-c4cccc(-c5ccccc5)c4)ccc3o2)c(C)c1. The van der Waals surface area contributed by atoms with Gasteiger partial charge in [-0.2, -0.15) is 0 Å². The maximum absolute atomic E-state index is 6.18. The molecule has 0 unspecified atom stereocenters. The fourth-order valence-electron chi connectivity index (χ4n) is 4.27. The van der Waals surface area contributed by atoms with E-state index in [1.807, 2.05) is 18.2 Å². The van der Waals surface area contributed by atoms with Gasteiger partial charge in [-0.15, -0.1) is 0 Å². The summed E-state index contributed by atoms with van der Waals surface area (Å²) in [6.45, 7) is 6.40. The third-order valence-electron chi connectivity index (χ3n) is 5.56. The number of hydrogen-bond acceptors (Lipinski definition) is 2. The molecule has 2 heteroatoms. The number of aromatic nitrogens is 1. The van der Waals surface area contributed by atoms with Crippen molar-refractivity contribution in [1.82, 2.24) is 4.98 Å². The molecule has 0 saturated carbocycles. The minimum atomic E-state index is 0.812. The zero-order valence-electron chi connectivity index (χ0n) is 17.4. The summed E-state index contributed by atoms with van der Waals surface area (Å²) in [5.74, 6) is 0.877. The van der Waals surface area contributed by atoms with E-state index >= 15 is 0 Å². The maximum Gasteiger partial charge on any atom is 0.153 e. The third-order valence-corrected chi connectivity index (χ3v) is 5.56. The number of pyridine rings is 1. The summed E-state index contributed by atoms with van der Waals surface area (Å²) in [6.07, 6.45) is 0. The van der Waals surface area contributed by atoms with Crippen molar-refractivity contribution in [2.75, 3.05) is 0 Å². The number of furan rings is 1. The van der Waals surface area contributed by atoms with Crippen LogP contribution in [0.2, 0.25) is 0 Å². The zero-order valence-corrected chi connectivity index (χ0v) is 17.4. The summed E-state index contributed by atoms with van der Waals surface area (Å²) in [4.78, 5) is 4.91. The van der Waals surface area contributed by atoms with E-state index in [1.165, 1.54) is 27.8 Å². The van der Waals surface area contributed by atoms with Crippen LogP contribution in [0.25, 0.3) is 44.8 Å². The lowest BCUT2D eigenvalue weighted by molar-refractivity contribution is 0.630. The summed E-state index contributed by atoms with van der Waals surface area (Å²) in [6, 6.07) is 29.5. The summed E-state index contributed by atoms with van der Waals surface area (Å²) in [7, 11) is 0. The van der Waals surface area contributed by atoms with Gasteiger partial charge in [0.25, 0.3) is 0 Å². The van der Waals surface area contributed by atoms with Gasteiger partial charge in [0, 0.05) is 17.2 Å². The molecular formula is C28H23NO. The van der Waals surface area contributed by atoms with Gasteiger partial charge in [-0.1, -0.05) is 66.2 Å². The third kappa shape index (κ3) is 3.31. The number of benzene rings is 3. The maximum atomic E-state index is 6.18. The number of fused-ring (bicyclic) bond motifs is 1. The first-order valence-electron chi connectivity index (χ1n) is 10.2. The lowest BCUT2D eigenvalue weighted by Crippen LogP contribution is -1.88. The Morgan fingerprint density at radius 3 is 2.10 bits per heavy atom. The van der Waals surface area contributed by atoms with E-state index < -0.39 is 0 Å². The molecule has 0 aliphatic carbocycles. The zero-order chi connectivity index (χ0) is 20.7. The van der Waals surface area contributed by atoms with Gasteiger partial charge >= 0.3 is 0 Å². The minimum absolute atomic E-state index is 0.812. The lowest BCUT2D eigenvalue weighted by atomic mass is 9.98. The molecule has 0 amide bonds. The molecule has 0 N–H and O–H groups in total. The predicted molar refractivity (Wildman–Crippen MR) is 125 cm³/mol. The molecule has 0 bridgehead atoms. The minimum Gasteiger partial charge on any atom is -0.454 e. The van der Waals surface area contributed by atoms with Crippen LogP contribution in [0.4, 0.5) is 0 Å². The summed E-state index contributed by atoms with van der Waals surface area (Å²) in [5, 5.41) is 0. The number of aryl methyl sites for hydroxylation is 3. The molecular weight excluding hydrogens is 366 g/mol. The molecule has 0 atom stereocenters. The first-order chi connectivity index (χ1) is 14.6. The summed E-state index contributed by atoms with van der Waals surface area (Å²) < 4.78 is 6.18.